The van der Waals surface area contributed by atoms with Crippen LogP contribution in [0.3, 0.4) is 0 Å². The summed E-state index contributed by atoms with van der Waals surface area (Å²) >= 11 is 0. The minimum absolute atomic E-state index is 0.601. The molecule has 1 aromatic heterocycles. The Balaban J connectivity index is 1.66. The van der Waals surface area contributed by atoms with Gasteiger partial charge in [-0.25, -0.2) is 9.97 Å². The Labute approximate surface area is 89.7 Å². The van der Waals surface area contributed by atoms with Gasteiger partial charge in [-0.15, -0.1) is 0 Å². The van der Waals surface area contributed by atoms with E-state index >= 15 is 0 Å². The predicted octanol–water partition coefficient (Wildman–Crippen LogP) is 0.839. The van der Waals surface area contributed by atoms with E-state index in [0.717, 1.165) is 17.8 Å². The maximum absolute atomic E-state index is 4.21. The summed E-state index contributed by atoms with van der Waals surface area (Å²) in [7, 11) is 2.20. The van der Waals surface area contributed by atoms with Crippen LogP contribution >= 0.6 is 0 Å². The number of nitrogens with one attached hydrogen (secondary N) is 1. The molecule has 2 aliphatic heterocycles. The van der Waals surface area contributed by atoms with Crippen LogP contribution in [0.15, 0.2) is 18.5 Å². The summed E-state index contributed by atoms with van der Waals surface area (Å²) in [5.41, 5.74) is 0. The molecule has 1 aliphatic carbocycles. The van der Waals surface area contributed by atoms with Crippen molar-refractivity contribution in [3.63, 3.8) is 0 Å². The molecular weight excluding hydrogens is 188 g/mol. The van der Waals surface area contributed by atoms with Gasteiger partial charge in [0.15, 0.2) is 0 Å². The molecule has 3 fully saturated rings. The molecule has 2 atom stereocenters. The monoisotopic (exact) mass is 204 g/mol. The minimum Gasteiger partial charge on any atom is -0.351 e. The predicted molar refractivity (Wildman–Crippen MR) is 58.5 cm³/mol. The Morgan fingerprint density at radius 3 is 2.60 bits per heavy atom. The van der Waals surface area contributed by atoms with E-state index in [9.17, 15) is 0 Å². The maximum atomic E-state index is 4.21. The van der Waals surface area contributed by atoms with Crippen LogP contribution in [0.2, 0.25) is 0 Å². The normalized spacial score (nSPS) is 34.6. The fourth-order valence-electron chi connectivity index (χ4n) is 2.88. The van der Waals surface area contributed by atoms with Crippen LogP contribution in [0.5, 0.6) is 0 Å². The van der Waals surface area contributed by atoms with Crippen molar-refractivity contribution >= 4 is 5.95 Å². The van der Waals surface area contributed by atoms with Gasteiger partial charge in [0.05, 0.1) is 0 Å². The number of anilines is 1. The topological polar surface area (TPSA) is 41.0 Å². The summed E-state index contributed by atoms with van der Waals surface area (Å²) < 4.78 is 0. The Bertz CT molecular complexity index is 328. The number of rotatable bonds is 2. The van der Waals surface area contributed by atoms with Crippen molar-refractivity contribution in [2.75, 3.05) is 25.5 Å². The molecule has 1 saturated carbocycles. The first-order chi connectivity index (χ1) is 7.33. The first kappa shape index (κ1) is 9.09. The highest BCUT2D eigenvalue weighted by molar-refractivity contribution is 5.28. The fraction of sp³-hybridized carbons (Fsp3) is 0.636. The zero-order valence-electron chi connectivity index (χ0n) is 8.93. The summed E-state index contributed by atoms with van der Waals surface area (Å²) in [6, 6.07) is 2.45. The highest BCUT2D eigenvalue weighted by Crippen LogP contribution is 2.40. The van der Waals surface area contributed by atoms with Gasteiger partial charge in [-0.05, 0) is 31.4 Å². The molecular formula is C11H16N4. The second-order valence-corrected chi connectivity index (χ2v) is 4.72. The average molecular weight is 204 g/mol. The first-order valence-corrected chi connectivity index (χ1v) is 5.55. The third kappa shape index (κ3) is 1.59. The maximum Gasteiger partial charge on any atom is 0.222 e. The number of piperidine rings is 2. The van der Waals surface area contributed by atoms with E-state index in [1.165, 1.54) is 19.5 Å². The van der Waals surface area contributed by atoms with E-state index in [0.29, 0.717) is 6.04 Å². The standard InChI is InChI=1S/C11H16N4/c1-15-6-8-5-9(7-15)10(8)14-11-12-3-2-4-13-11/h2-4,8-10H,5-7H2,1H3,(H,12,13,14). The van der Waals surface area contributed by atoms with Crippen molar-refractivity contribution in [1.29, 1.82) is 0 Å². The molecule has 3 heterocycles. The lowest BCUT2D eigenvalue weighted by Crippen LogP contribution is -2.60. The molecule has 2 unspecified atom stereocenters. The zero-order chi connectivity index (χ0) is 10.3. The van der Waals surface area contributed by atoms with Crippen LogP contribution in [-0.2, 0) is 0 Å². The van der Waals surface area contributed by atoms with Crippen molar-refractivity contribution in [3.8, 4) is 0 Å². The molecule has 0 spiro atoms. The number of aromatic nitrogens is 2. The van der Waals surface area contributed by atoms with E-state index in [1.807, 2.05) is 6.07 Å². The van der Waals surface area contributed by atoms with Crippen molar-refractivity contribution in [1.82, 2.24) is 14.9 Å². The molecule has 4 heteroatoms. The lowest BCUT2D eigenvalue weighted by atomic mass is 9.66. The van der Waals surface area contributed by atoms with Crippen molar-refractivity contribution < 1.29 is 0 Å². The Morgan fingerprint density at radius 1 is 1.27 bits per heavy atom. The molecule has 4 nitrogen and oxygen atoms in total. The Kier molecular flexibility index (Phi) is 2.09. The van der Waals surface area contributed by atoms with Crippen LogP contribution in [0.25, 0.3) is 0 Å². The number of nitrogens with zero attached hydrogens (tertiary/aromatic N) is 3. The molecule has 1 aromatic rings. The van der Waals surface area contributed by atoms with Gasteiger partial charge < -0.3 is 10.2 Å². The van der Waals surface area contributed by atoms with Crippen LogP contribution in [0.1, 0.15) is 6.42 Å². The summed E-state index contributed by atoms with van der Waals surface area (Å²) in [4.78, 5) is 10.8. The van der Waals surface area contributed by atoms with E-state index in [2.05, 4.69) is 27.2 Å². The number of fused-ring (bicyclic) bond motifs is 2. The van der Waals surface area contributed by atoms with Gasteiger partial charge >= 0.3 is 0 Å². The van der Waals surface area contributed by atoms with Gasteiger partial charge in [-0.3, -0.25) is 0 Å². The third-order valence-corrected chi connectivity index (χ3v) is 3.58. The molecule has 15 heavy (non-hydrogen) atoms. The molecule has 2 saturated heterocycles. The molecule has 4 rings (SSSR count). The first-order valence-electron chi connectivity index (χ1n) is 5.55. The lowest BCUT2D eigenvalue weighted by Gasteiger charge is -2.52. The SMILES string of the molecule is CN1CC2CC(C1)C2Nc1ncccn1. The van der Waals surface area contributed by atoms with E-state index in [-0.39, 0.29) is 0 Å². The van der Waals surface area contributed by atoms with Gasteiger partial charge in [0.25, 0.3) is 0 Å². The van der Waals surface area contributed by atoms with E-state index < -0.39 is 0 Å². The highest BCUT2D eigenvalue weighted by Gasteiger charge is 2.45. The van der Waals surface area contributed by atoms with E-state index in [4.69, 9.17) is 0 Å². The van der Waals surface area contributed by atoms with Crippen molar-refractivity contribution in [2.45, 2.75) is 12.5 Å². The highest BCUT2D eigenvalue weighted by atomic mass is 15.2. The van der Waals surface area contributed by atoms with Crippen molar-refractivity contribution in [3.05, 3.63) is 18.5 Å². The summed E-state index contributed by atoms with van der Waals surface area (Å²) in [6.45, 7) is 2.42. The van der Waals surface area contributed by atoms with Gasteiger partial charge in [-0.1, -0.05) is 0 Å². The molecule has 0 radical (unpaired) electrons. The van der Waals surface area contributed by atoms with Gasteiger partial charge in [0.2, 0.25) is 5.95 Å². The number of hydrogen-bond donors (Lipinski definition) is 1. The lowest BCUT2D eigenvalue weighted by molar-refractivity contribution is 0.0267. The Morgan fingerprint density at radius 2 is 1.93 bits per heavy atom. The van der Waals surface area contributed by atoms with E-state index in [1.54, 1.807) is 12.4 Å². The second-order valence-electron chi connectivity index (χ2n) is 4.72. The largest absolute Gasteiger partial charge is 0.351 e. The molecule has 0 aromatic carbocycles. The molecule has 2 bridgehead atoms. The Hall–Kier alpha value is -1.16. The minimum atomic E-state index is 0.601. The zero-order valence-corrected chi connectivity index (χ0v) is 8.93. The van der Waals surface area contributed by atoms with Crippen LogP contribution in [0.4, 0.5) is 5.95 Å². The van der Waals surface area contributed by atoms with Gasteiger partial charge in [0.1, 0.15) is 0 Å². The second kappa shape index (κ2) is 3.45. The third-order valence-electron chi connectivity index (χ3n) is 3.58. The summed E-state index contributed by atoms with van der Waals surface area (Å²) in [5, 5.41) is 3.45. The molecule has 0 amide bonds. The molecule has 80 valence electrons. The molecule has 1 N–H and O–H groups in total. The smallest absolute Gasteiger partial charge is 0.222 e. The molecule has 3 aliphatic rings. The van der Waals surface area contributed by atoms with Crippen LogP contribution in [0, 0.1) is 11.8 Å². The summed E-state index contributed by atoms with van der Waals surface area (Å²) in [5.74, 6) is 2.36. The number of hydrogen-bond acceptors (Lipinski definition) is 4. The van der Waals surface area contributed by atoms with Gasteiger partial charge in [0, 0.05) is 31.5 Å². The van der Waals surface area contributed by atoms with Crippen LogP contribution in [-0.4, -0.2) is 41.0 Å². The van der Waals surface area contributed by atoms with Gasteiger partial charge in [-0.2, -0.15) is 0 Å². The average Bonchev–Trinajstić information content (AvgIpc) is 2.27. The summed E-state index contributed by atoms with van der Waals surface area (Å²) in [6.07, 6.45) is 4.95. The van der Waals surface area contributed by atoms with Crippen LogP contribution < -0.4 is 5.32 Å². The quantitative estimate of drug-likeness (QED) is 0.775. The van der Waals surface area contributed by atoms with Crippen molar-refractivity contribution in [2.24, 2.45) is 11.8 Å². The fourth-order valence-corrected chi connectivity index (χ4v) is 2.88.